The van der Waals surface area contributed by atoms with Crippen LogP contribution in [0.1, 0.15) is 50.7 Å². The van der Waals surface area contributed by atoms with Gasteiger partial charge in [0.15, 0.2) is 0 Å². The highest BCUT2D eigenvalue weighted by molar-refractivity contribution is 7.98. The second-order valence-corrected chi connectivity index (χ2v) is 13.8. The minimum absolute atomic E-state index is 0.00337. The molecule has 0 aliphatic carbocycles. The van der Waals surface area contributed by atoms with Crippen LogP contribution in [0.15, 0.2) is 60.7 Å². The van der Waals surface area contributed by atoms with Gasteiger partial charge in [0.25, 0.3) is 0 Å². The molecule has 0 aliphatic rings. The van der Waals surface area contributed by atoms with Gasteiger partial charge in [-0.25, -0.2) is 0 Å². The zero-order chi connectivity index (χ0) is 38.6. The van der Waals surface area contributed by atoms with Crippen molar-refractivity contribution in [2.45, 2.75) is 82.6 Å². The summed E-state index contributed by atoms with van der Waals surface area (Å²) in [5, 5.41) is 13.1. The summed E-state index contributed by atoms with van der Waals surface area (Å²) in [4.78, 5) is 89.6. The molecule has 0 fully saturated rings. The van der Waals surface area contributed by atoms with Crippen molar-refractivity contribution < 1.29 is 33.6 Å². The van der Waals surface area contributed by atoms with E-state index in [0.717, 1.165) is 5.56 Å². The minimum Gasteiger partial charge on any atom is -0.370 e. The number of nitrogens with one attached hydrogen (secondary N) is 5. The summed E-state index contributed by atoms with van der Waals surface area (Å²) in [6.07, 6.45) is 2.42. The first-order valence-electron chi connectivity index (χ1n) is 17.1. The third kappa shape index (κ3) is 16.4. The molecule has 5 atom stereocenters. The third-order valence-corrected chi connectivity index (χ3v) is 8.57. The van der Waals surface area contributed by atoms with Crippen molar-refractivity contribution in [1.82, 2.24) is 26.6 Å². The van der Waals surface area contributed by atoms with Gasteiger partial charge in [0.05, 0.1) is 12.6 Å². The van der Waals surface area contributed by atoms with Crippen LogP contribution < -0.4 is 43.8 Å². The van der Waals surface area contributed by atoms with Gasteiger partial charge in [-0.05, 0) is 48.3 Å². The van der Waals surface area contributed by atoms with Gasteiger partial charge >= 0.3 is 0 Å². The van der Waals surface area contributed by atoms with Crippen molar-refractivity contribution in [3.63, 3.8) is 0 Å². The standard InChI is InChI=1S/C36H52N8O7S/c1-22(2)18-27(35(50)42-26(32(39)47)16-17-52-3)41-31(46)21-40-34(49)28(19-23-10-6-4-7-11-23)44-36(51)29(20-24-12-8-5-9-13-24)43-33(48)25(37)14-15-30(38)45/h4-13,22,25-29H,14-21,37H2,1-3H3,(H2,38,45)(H2,39,47)(H,40,49)(H,41,46)(H,42,50)(H,43,48)(H,44,51). The second kappa shape index (κ2) is 22.8. The average molecular weight is 741 g/mol. The molecule has 0 aliphatic heterocycles. The Labute approximate surface area is 308 Å². The van der Waals surface area contributed by atoms with Crippen molar-refractivity contribution in [3.8, 4) is 0 Å². The number of thioether (sulfide) groups is 1. The predicted molar refractivity (Wildman–Crippen MR) is 199 cm³/mol. The largest absolute Gasteiger partial charge is 0.370 e. The molecule has 0 bridgehead atoms. The number of hydrogen-bond donors (Lipinski definition) is 8. The topological polar surface area (TPSA) is 258 Å². The first-order chi connectivity index (χ1) is 24.7. The van der Waals surface area contributed by atoms with E-state index in [2.05, 4.69) is 26.6 Å². The zero-order valence-electron chi connectivity index (χ0n) is 29.9. The molecule has 2 aromatic carbocycles. The molecule has 7 amide bonds. The van der Waals surface area contributed by atoms with Gasteiger partial charge in [0, 0.05) is 19.3 Å². The molecule has 2 aromatic rings. The zero-order valence-corrected chi connectivity index (χ0v) is 30.7. The van der Waals surface area contributed by atoms with E-state index in [1.165, 1.54) is 11.8 Å². The van der Waals surface area contributed by atoms with Gasteiger partial charge in [-0.2, -0.15) is 11.8 Å². The lowest BCUT2D eigenvalue weighted by Crippen LogP contribution is -2.58. The molecule has 2 rings (SSSR count). The van der Waals surface area contributed by atoms with Gasteiger partial charge in [0.2, 0.25) is 41.4 Å². The van der Waals surface area contributed by atoms with Crippen molar-refractivity contribution in [2.24, 2.45) is 23.1 Å². The number of primary amides is 2. The van der Waals surface area contributed by atoms with Gasteiger partial charge < -0.3 is 43.8 Å². The fraction of sp³-hybridized carbons (Fsp3) is 0.472. The highest BCUT2D eigenvalue weighted by Gasteiger charge is 2.30. The predicted octanol–water partition coefficient (Wildman–Crippen LogP) is -0.595. The Hall–Kier alpha value is -4.96. The van der Waals surface area contributed by atoms with E-state index >= 15 is 0 Å². The van der Waals surface area contributed by atoms with Crippen LogP contribution in [0.5, 0.6) is 0 Å². The van der Waals surface area contributed by atoms with E-state index in [0.29, 0.717) is 17.7 Å². The molecule has 11 N–H and O–H groups in total. The molecule has 15 nitrogen and oxygen atoms in total. The Kier molecular flexibility index (Phi) is 18.9. The van der Waals surface area contributed by atoms with Crippen LogP contribution in [0, 0.1) is 5.92 Å². The van der Waals surface area contributed by atoms with Crippen LogP contribution in [0.3, 0.4) is 0 Å². The number of carbonyl (C=O) groups excluding carboxylic acids is 7. The van der Waals surface area contributed by atoms with Crippen molar-refractivity contribution in [3.05, 3.63) is 71.8 Å². The maximum absolute atomic E-state index is 13.8. The summed E-state index contributed by atoms with van der Waals surface area (Å²) >= 11 is 1.49. The van der Waals surface area contributed by atoms with Gasteiger partial charge in [-0.1, -0.05) is 74.5 Å². The molecule has 5 unspecified atom stereocenters. The Morgan fingerprint density at radius 2 is 1.15 bits per heavy atom. The average Bonchev–Trinajstić information content (AvgIpc) is 3.10. The summed E-state index contributed by atoms with van der Waals surface area (Å²) in [6, 6.07) is 12.4. The molecule has 0 spiro atoms. The Balaban J connectivity index is 2.21. The maximum Gasteiger partial charge on any atom is 0.243 e. The van der Waals surface area contributed by atoms with Crippen molar-refractivity contribution in [1.29, 1.82) is 0 Å². The fourth-order valence-electron chi connectivity index (χ4n) is 5.13. The van der Waals surface area contributed by atoms with Crippen molar-refractivity contribution in [2.75, 3.05) is 18.6 Å². The van der Waals surface area contributed by atoms with Crippen LogP contribution in [-0.2, 0) is 46.4 Å². The van der Waals surface area contributed by atoms with Crippen LogP contribution >= 0.6 is 11.8 Å². The van der Waals surface area contributed by atoms with E-state index in [1.54, 1.807) is 60.7 Å². The molecule has 52 heavy (non-hydrogen) atoms. The molecule has 0 heterocycles. The smallest absolute Gasteiger partial charge is 0.243 e. The van der Waals surface area contributed by atoms with Crippen LogP contribution in [0.25, 0.3) is 0 Å². The number of hydrogen-bond acceptors (Lipinski definition) is 9. The Morgan fingerprint density at radius 3 is 1.65 bits per heavy atom. The normalized spacial score (nSPS) is 13.8. The lowest BCUT2D eigenvalue weighted by molar-refractivity contribution is -0.133. The summed E-state index contributed by atoms with van der Waals surface area (Å²) in [5.74, 6) is -4.02. The molecule has 0 aromatic heterocycles. The summed E-state index contributed by atoms with van der Waals surface area (Å²) in [7, 11) is 0. The number of benzene rings is 2. The highest BCUT2D eigenvalue weighted by atomic mass is 32.2. The summed E-state index contributed by atoms with van der Waals surface area (Å²) in [6.45, 7) is 3.21. The first kappa shape index (κ1) is 43.2. The molecule has 284 valence electrons. The van der Waals surface area contributed by atoms with E-state index in [9.17, 15) is 33.6 Å². The van der Waals surface area contributed by atoms with E-state index in [4.69, 9.17) is 17.2 Å². The lowest BCUT2D eigenvalue weighted by atomic mass is 10.0. The quantitative estimate of drug-likeness (QED) is 0.0723. The second-order valence-electron chi connectivity index (χ2n) is 12.8. The lowest BCUT2D eigenvalue weighted by Gasteiger charge is -2.25. The number of rotatable bonds is 23. The molecule has 0 saturated carbocycles. The Bertz CT molecular complexity index is 1500. The first-order valence-corrected chi connectivity index (χ1v) is 18.5. The van der Waals surface area contributed by atoms with Crippen LogP contribution in [0.2, 0.25) is 0 Å². The van der Waals surface area contributed by atoms with Crippen molar-refractivity contribution >= 4 is 53.1 Å². The summed E-state index contributed by atoms with van der Waals surface area (Å²) in [5.41, 5.74) is 18.1. The molecular weight excluding hydrogens is 689 g/mol. The van der Waals surface area contributed by atoms with Crippen LogP contribution in [-0.4, -0.2) is 90.1 Å². The van der Waals surface area contributed by atoms with E-state index in [-0.39, 0.29) is 38.0 Å². The fourth-order valence-corrected chi connectivity index (χ4v) is 5.60. The maximum atomic E-state index is 13.8. The monoisotopic (exact) mass is 740 g/mol. The van der Waals surface area contributed by atoms with E-state index < -0.39 is 78.1 Å². The summed E-state index contributed by atoms with van der Waals surface area (Å²) < 4.78 is 0. The van der Waals surface area contributed by atoms with Gasteiger partial charge in [-0.3, -0.25) is 33.6 Å². The highest BCUT2D eigenvalue weighted by Crippen LogP contribution is 2.09. The SMILES string of the molecule is CSCCC(NC(=O)C(CC(C)C)NC(=O)CNC(=O)C(Cc1ccccc1)NC(=O)C(Cc1ccccc1)NC(=O)C(N)CCC(N)=O)C(N)=O. The Morgan fingerprint density at radius 1 is 0.654 bits per heavy atom. The molecule has 0 saturated heterocycles. The number of carbonyl (C=O) groups is 7. The van der Waals surface area contributed by atoms with E-state index in [1.807, 2.05) is 20.1 Å². The molecular formula is C36H52N8O7S. The van der Waals surface area contributed by atoms with Crippen LogP contribution in [0.4, 0.5) is 0 Å². The molecule has 16 heteroatoms. The molecule has 0 radical (unpaired) electrons. The third-order valence-electron chi connectivity index (χ3n) is 7.92. The minimum atomic E-state index is -1.18. The van der Waals surface area contributed by atoms with Gasteiger partial charge in [-0.15, -0.1) is 0 Å². The number of amides is 7. The van der Waals surface area contributed by atoms with Gasteiger partial charge in [0.1, 0.15) is 24.2 Å². The number of nitrogens with two attached hydrogens (primary N) is 3.